The monoisotopic (exact) mass is 249 g/mol. The summed E-state index contributed by atoms with van der Waals surface area (Å²) in [5.41, 5.74) is 1.14. The molecular weight excluding hydrogens is 230 g/mol. The molecule has 1 amide bonds. The van der Waals surface area contributed by atoms with Crippen molar-refractivity contribution in [1.82, 2.24) is 15.6 Å². The number of carbonyl (C=O) groups excluding carboxylic acids is 1. The zero-order chi connectivity index (χ0) is 12.6. The highest BCUT2D eigenvalue weighted by Crippen LogP contribution is 1.99. The van der Waals surface area contributed by atoms with Crippen LogP contribution in [0.3, 0.4) is 0 Å². The zero-order valence-corrected chi connectivity index (χ0v) is 10.4. The first-order valence-corrected chi connectivity index (χ1v) is 6.31. The molecule has 0 spiro atoms. The van der Waals surface area contributed by atoms with E-state index in [1.54, 1.807) is 6.20 Å². The maximum absolute atomic E-state index is 11.7. The van der Waals surface area contributed by atoms with Gasteiger partial charge in [-0.05, 0) is 18.1 Å². The molecule has 1 aliphatic heterocycles. The molecule has 5 nitrogen and oxygen atoms in total. The normalized spacial score (nSPS) is 19.4. The number of carbonyl (C=O) groups is 1. The predicted octanol–water partition coefficient (Wildman–Crippen LogP) is 0.119. The summed E-state index contributed by atoms with van der Waals surface area (Å²) in [6, 6.07) is 4.06. The van der Waals surface area contributed by atoms with Crippen LogP contribution in [0.2, 0.25) is 0 Å². The van der Waals surface area contributed by atoms with Crippen molar-refractivity contribution < 1.29 is 9.53 Å². The number of rotatable bonds is 5. The second-order valence-electron chi connectivity index (χ2n) is 4.39. The van der Waals surface area contributed by atoms with Crippen LogP contribution < -0.4 is 10.6 Å². The van der Waals surface area contributed by atoms with Gasteiger partial charge in [-0.3, -0.25) is 9.78 Å². The maximum Gasteiger partial charge on any atom is 0.221 e. The third-order valence-electron chi connectivity index (χ3n) is 2.89. The first kappa shape index (κ1) is 13.0. The van der Waals surface area contributed by atoms with Gasteiger partial charge in [-0.15, -0.1) is 0 Å². The van der Waals surface area contributed by atoms with Crippen LogP contribution in [0.1, 0.15) is 12.0 Å². The number of morpholine rings is 1. The van der Waals surface area contributed by atoms with Crippen LogP contribution in [0.25, 0.3) is 0 Å². The Labute approximate surface area is 107 Å². The third kappa shape index (κ3) is 4.43. The molecule has 0 saturated carbocycles. The number of ether oxygens (including phenoxy) is 1. The Hall–Kier alpha value is -1.46. The minimum absolute atomic E-state index is 0.0712. The molecule has 98 valence electrons. The summed E-state index contributed by atoms with van der Waals surface area (Å²) in [5, 5.41) is 6.18. The molecule has 2 N–H and O–H groups in total. The number of hydrogen-bond donors (Lipinski definition) is 2. The molecule has 1 fully saturated rings. The fourth-order valence-electron chi connectivity index (χ4n) is 1.94. The molecule has 0 aliphatic carbocycles. The van der Waals surface area contributed by atoms with Crippen LogP contribution in [-0.4, -0.2) is 43.2 Å². The largest absolute Gasteiger partial charge is 0.378 e. The Morgan fingerprint density at radius 1 is 1.61 bits per heavy atom. The van der Waals surface area contributed by atoms with Crippen LogP contribution in [0.15, 0.2) is 24.5 Å². The van der Waals surface area contributed by atoms with Crippen molar-refractivity contribution >= 4 is 5.91 Å². The van der Waals surface area contributed by atoms with E-state index < -0.39 is 0 Å². The third-order valence-corrected chi connectivity index (χ3v) is 2.89. The van der Waals surface area contributed by atoms with Crippen molar-refractivity contribution in [1.29, 1.82) is 0 Å². The maximum atomic E-state index is 11.7. The van der Waals surface area contributed by atoms with Crippen LogP contribution >= 0.6 is 0 Å². The summed E-state index contributed by atoms with van der Waals surface area (Å²) in [7, 11) is 0. The van der Waals surface area contributed by atoms with E-state index in [0.717, 1.165) is 25.1 Å². The topological polar surface area (TPSA) is 63.2 Å². The molecule has 1 atom stereocenters. The minimum atomic E-state index is 0.0712. The summed E-state index contributed by atoms with van der Waals surface area (Å²) in [6.07, 6.45) is 4.86. The van der Waals surface area contributed by atoms with E-state index in [4.69, 9.17) is 4.74 Å². The van der Waals surface area contributed by atoms with Gasteiger partial charge in [-0.1, -0.05) is 6.07 Å². The molecule has 2 rings (SSSR count). The number of amides is 1. The summed E-state index contributed by atoms with van der Waals surface area (Å²) in [6.45, 7) is 2.83. The molecule has 1 aromatic rings. The lowest BCUT2D eigenvalue weighted by Crippen LogP contribution is -2.44. The van der Waals surface area contributed by atoms with Crippen molar-refractivity contribution in [3.05, 3.63) is 30.1 Å². The minimum Gasteiger partial charge on any atom is -0.378 e. The van der Waals surface area contributed by atoms with Crippen molar-refractivity contribution in [2.24, 2.45) is 0 Å². The number of pyridine rings is 1. The summed E-state index contributed by atoms with van der Waals surface area (Å²) in [5.74, 6) is 0.0712. The Bertz CT molecular complexity index is 364. The van der Waals surface area contributed by atoms with E-state index in [0.29, 0.717) is 19.6 Å². The molecule has 0 aromatic carbocycles. The molecule has 0 radical (unpaired) electrons. The molecule has 1 saturated heterocycles. The lowest BCUT2D eigenvalue weighted by Gasteiger charge is -2.23. The Morgan fingerprint density at radius 3 is 3.28 bits per heavy atom. The van der Waals surface area contributed by atoms with Gasteiger partial charge < -0.3 is 15.4 Å². The fourth-order valence-corrected chi connectivity index (χ4v) is 1.94. The van der Waals surface area contributed by atoms with Crippen LogP contribution in [-0.2, 0) is 16.0 Å². The number of hydrogen-bond acceptors (Lipinski definition) is 4. The first-order valence-electron chi connectivity index (χ1n) is 6.31. The highest BCUT2D eigenvalue weighted by atomic mass is 16.5. The highest BCUT2D eigenvalue weighted by molar-refractivity contribution is 5.76. The van der Waals surface area contributed by atoms with Gasteiger partial charge in [0.05, 0.1) is 13.2 Å². The van der Waals surface area contributed by atoms with Crippen molar-refractivity contribution in [2.45, 2.75) is 18.9 Å². The standard InChI is InChI=1S/C13H19N3O2/c17-13(8-12-10-18-7-6-15-12)16-5-3-11-2-1-4-14-9-11/h1-2,4,9,12,15H,3,5-8,10H2,(H,16,17). The van der Waals surface area contributed by atoms with Gasteiger partial charge in [0.15, 0.2) is 0 Å². The second-order valence-corrected chi connectivity index (χ2v) is 4.39. The zero-order valence-electron chi connectivity index (χ0n) is 10.4. The average Bonchev–Trinajstić information content (AvgIpc) is 2.41. The van der Waals surface area contributed by atoms with Crippen molar-refractivity contribution in [3.63, 3.8) is 0 Å². The molecule has 18 heavy (non-hydrogen) atoms. The summed E-state index contributed by atoms with van der Waals surface area (Å²) < 4.78 is 5.31. The molecule has 5 heteroatoms. The van der Waals surface area contributed by atoms with Gasteiger partial charge in [0, 0.05) is 37.9 Å². The van der Waals surface area contributed by atoms with E-state index in [1.165, 1.54) is 0 Å². The van der Waals surface area contributed by atoms with E-state index in [2.05, 4.69) is 15.6 Å². The van der Waals surface area contributed by atoms with Gasteiger partial charge >= 0.3 is 0 Å². The number of aromatic nitrogens is 1. The van der Waals surface area contributed by atoms with Crippen LogP contribution in [0.4, 0.5) is 0 Å². The number of nitrogens with zero attached hydrogens (tertiary/aromatic N) is 1. The van der Waals surface area contributed by atoms with Crippen LogP contribution in [0, 0.1) is 0 Å². The van der Waals surface area contributed by atoms with Gasteiger partial charge in [0.25, 0.3) is 0 Å². The van der Waals surface area contributed by atoms with E-state index in [-0.39, 0.29) is 11.9 Å². The lowest BCUT2D eigenvalue weighted by atomic mass is 10.2. The SMILES string of the molecule is O=C(CC1COCCN1)NCCc1cccnc1. The second kappa shape index (κ2) is 7.08. The molecular formula is C13H19N3O2. The van der Waals surface area contributed by atoms with Gasteiger partial charge in [-0.25, -0.2) is 0 Å². The van der Waals surface area contributed by atoms with Gasteiger partial charge in [0.1, 0.15) is 0 Å². The average molecular weight is 249 g/mol. The van der Waals surface area contributed by atoms with E-state index >= 15 is 0 Å². The quantitative estimate of drug-likeness (QED) is 0.778. The lowest BCUT2D eigenvalue weighted by molar-refractivity contribution is -0.122. The van der Waals surface area contributed by atoms with E-state index in [9.17, 15) is 4.79 Å². The Kier molecular flexibility index (Phi) is 5.11. The summed E-state index contributed by atoms with van der Waals surface area (Å²) >= 11 is 0. The summed E-state index contributed by atoms with van der Waals surface area (Å²) in [4.78, 5) is 15.7. The van der Waals surface area contributed by atoms with Crippen molar-refractivity contribution in [2.75, 3.05) is 26.3 Å². The number of nitrogens with one attached hydrogen (secondary N) is 2. The van der Waals surface area contributed by atoms with Gasteiger partial charge in [0.2, 0.25) is 5.91 Å². The molecule has 1 unspecified atom stereocenters. The fraction of sp³-hybridized carbons (Fsp3) is 0.538. The first-order chi connectivity index (χ1) is 8.84. The van der Waals surface area contributed by atoms with E-state index in [1.807, 2.05) is 18.3 Å². The predicted molar refractivity (Wildman–Crippen MR) is 68.2 cm³/mol. The van der Waals surface area contributed by atoms with Crippen molar-refractivity contribution in [3.8, 4) is 0 Å². The molecule has 1 aromatic heterocycles. The molecule has 2 heterocycles. The highest BCUT2D eigenvalue weighted by Gasteiger charge is 2.16. The molecule has 1 aliphatic rings. The molecule has 0 bridgehead atoms. The van der Waals surface area contributed by atoms with Crippen LogP contribution in [0.5, 0.6) is 0 Å². The van der Waals surface area contributed by atoms with Gasteiger partial charge in [-0.2, -0.15) is 0 Å². The smallest absolute Gasteiger partial charge is 0.221 e. The Balaban J connectivity index is 1.62. The Morgan fingerprint density at radius 2 is 2.56 bits per heavy atom.